The minimum atomic E-state index is -4.83. The number of halogens is 4. The maximum Gasteiger partial charge on any atom is 0.434 e. The number of nitrogens with zero attached hydrogens (tertiary/aromatic N) is 2. The predicted octanol–water partition coefficient (Wildman–Crippen LogP) is 2.55. The first-order chi connectivity index (χ1) is 12.5. The van der Waals surface area contributed by atoms with Crippen LogP contribution in [0.3, 0.4) is 0 Å². The second kappa shape index (κ2) is 6.95. The van der Waals surface area contributed by atoms with Crippen molar-refractivity contribution in [3.8, 4) is 0 Å². The number of imidazole rings is 1. The molecule has 2 aromatic rings. The number of hydrogen-bond donors (Lipinski definition) is 1. The molecule has 0 saturated heterocycles. The van der Waals surface area contributed by atoms with Gasteiger partial charge in [-0.15, -0.1) is 3.89 Å². The second-order valence-electron chi connectivity index (χ2n) is 6.27. The minimum absolute atomic E-state index is 0.0674. The predicted molar refractivity (Wildman–Crippen MR) is 86.1 cm³/mol. The van der Waals surface area contributed by atoms with Crippen LogP contribution in [-0.4, -0.2) is 30.4 Å². The highest BCUT2D eigenvalue weighted by atomic mass is 32.3. The molecular weight excluding hydrogens is 390 g/mol. The van der Waals surface area contributed by atoms with Gasteiger partial charge in [0.05, 0.1) is 4.90 Å². The molecule has 11 heteroatoms. The summed E-state index contributed by atoms with van der Waals surface area (Å²) in [6.07, 6.45) is -2.57. The normalized spacial score (nSPS) is 17.4. The highest BCUT2D eigenvalue weighted by Gasteiger charge is 2.35. The third kappa shape index (κ3) is 4.46. The summed E-state index contributed by atoms with van der Waals surface area (Å²) >= 11 is 0. The van der Waals surface area contributed by atoms with E-state index < -0.39 is 32.9 Å². The van der Waals surface area contributed by atoms with Gasteiger partial charge in [-0.3, -0.25) is 4.79 Å². The maximum atomic E-state index is 12.8. The molecule has 0 fully saturated rings. The lowest BCUT2D eigenvalue weighted by Crippen LogP contribution is -2.33. The Hall–Kier alpha value is -2.43. The molecule has 0 spiro atoms. The Morgan fingerprint density at radius 1 is 1.26 bits per heavy atom. The van der Waals surface area contributed by atoms with E-state index in [1.165, 1.54) is 16.7 Å². The lowest BCUT2D eigenvalue weighted by molar-refractivity contribution is -0.141. The summed E-state index contributed by atoms with van der Waals surface area (Å²) in [5, 5.41) is 2.66. The molecule has 0 aliphatic carbocycles. The van der Waals surface area contributed by atoms with Gasteiger partial charge >= 0.3 is 16.4 Å². The first kappa shape index (κ1) is 19.3. The average Bonchev–Trinajstić information content (AvgIpc) is 3.02. The molecule has 0 bridgehead atoms. The molecule has 0 saturated carbocycles. The summed E-state index contributed by atoms with van der Waals surface area (Å²) in [4.78, 5) is 15.2. The molecule has 146 valence electrons. The smallest absolute Gasteiger partial charge is 0.352 e. The van der Waals surface area contributed by atoms with Crippen LogP contribution in [0.15, 0.2) is 35.4 Å². The first-order valence-electron chi connectivity index (χ1n) is 8.00. The molecule has 27 heavy (non-hydrogen) atoms. The van der Waals surface area contributed by atoms with Crippen molar-refractivity contribution >= 4 is 16.1 Å². The number of carbonyl (C=O) groups is 1. The molecule has 6 nitrogen and oxygen atoms in total. The van der Waals surface area contributed by atoms with E-state index in [2.05, 4.69) is 10.3 Å². The van der Waals surface area contributed by atoms with Gasteiger partial charge in [0.25, 0.3) is 5.91 Å². The van der Waals surface area contributed by atoms with Crippen LogP contribution in [0.2, 0.25) is 0 Å². The van der Waals surface area contributed by atoms with Gasteiger partial charge < -0.3 is 9.88 Å². The van der Waals surface area contributed by atoms with Crippen LogP contribution in [-0.2, 0) is 29.4 Å². The monoisotopic (exact) mass is 405 g/mol. The summed E-state index contributed by atoms with van der Waals surface area (Å²) < 4.78 is 74.0. The van der Waals surface area contributed by atoms with Crippen LogP contribution in [0.4, 0.5) is 17.1 Å². The topological polar surface area (TPSA) is 81.1 Å². The number of carbonyl (C=O) groups excluding carboxylic acids is 1. The summed E-state index contributed by atoms with van der Waals surface area (Å²) in [5.41, 5.74) is -0.772. The van der Waals surface area contributed by atoms with Crippen molar-refractivity contribution in [1.29, 1.82) is 0 Å². The fourth-order valence-corrected chi connectivity index (χ4v) is 3.39. The SMILES string of the molecule is O=C(NCC1CCc2nc(C(F)(F)F)cn2C1)c1ccc(S(=O)(=O)F)cc1. The molecular formula is C16H15F4N3O3S. The van der Waals surface area contributed by atoms with Crippen LogP contribution in [0.5, 0.6) is 0 Å². The Bertz CT molecular complexity index is 952. The van der Waals surface area contributed by atoms with Gasteiger partial charge in [0.2, 0.25) is 0 Å². The number of aryl methyl sites for hydroxylation is 1. The first-order valence-corrected chi connectivity index (χ1v) is 9.38. The third-order valence-electron chi connectivity index (χ3n) is 4.33. The van der Waals surface area contributed by atoms with Crippen LogP contribution in [0.1, 0.15) is 28.3 Å². The molecule has 1 aromatic carbocycles. The van der Waals surface area contributed by atoms with Crippen molar-refractivity contribution < 1.29 is 30.3 Å². The molecule has 1 aliphatic heterocycles. The number of hydrogen-bond acceptors (Lipinski definition) is 4. The van der Waals surface area contributed by atoms with Crippen LogP contribution >= 0.6 is 0 Å². The van der Waals surface area contributed by atoms with Crippen LogP contribution in [0.25, 0.3) is 0 Å². The van der Waals surface area contributed by atoms with E-state index in [0.717, 1.165) is 18.3 Å². The summed E-state index contributed by atoms with van der Waals surface area (Å²) in [5.74, 6) is -0.180. The van der Waals surface area contributed by atoms with Gasteiger partial charge in [0, 0.05) is 31.3 Å². The zero-order chi connectivity index (χ0) is 19.8. The fourth-order valence-electron chi connectivity index (χ4n) is 2.93. The average molecular weight is 405 g/mol. The van der Waals surface area contributed by atoms with E-state index in [4.69, 9.17) is 0 Å². The minimum Gasteiger partial charge on any atom is -0.352 e. The Kier molecular flexibility index (Phi) is 4.98. The zero-order valence-corrected chi connectivity index (χ0v) is 14.6. The van der Waals surface area contributed by atoms with E-state index in [1.807, 2.05) is 0 Å². The van der Waals surface area contributed by atoms with Gasteiger partial charge in [0.15, 0.2) is 5.69 Å². The van der Waals surface area contributed by atoms with E-state index in [9.17, 15) is 30.3 Å². The van der Waals surface area contributed by atoms with E-state index in [-0.39, 0.29) is 18.0 Å². The zero-order valence-electron chi connectivity index (χ0n) is 13.8. The van der Waals surface area contributed by atoms with Crippen molar-refractivity contribution in [2.75, 3.05) is 6.54 Å². The molecule has 1 aromatic heterocycles. The number of nitrogens with one attached hydrogen (secondary N) is 1. The number of amides is 1. The fraction of sp³-hybridized carbons (Fsp3) is 0.375. The van der Waals surface area contributed by atoms with Crippen molar-refractivity contribution in [2.45, 2.75) is 30.5 Å². The van der Waals surface area contributed by atoms with Crippen molar-refractivity contribution in [2.24, 2.45) is 5.92 Å². The number of rotatable bonds is 4. The second-order valence-corrected chi connectivity index (χ2v) is 7.62. The Balaban J connectivity index is 1.59. The van der Waals surface area contributed by atoms with Crippen LogP contribution < -0.4 is 5.32 Å². The van der Waals surface area contributed by atoms with Gasteiger partial charge in [0.1, 0.15) is 5.82 Å². The number of fused-ring (bicyclic) bond motifs is 1. The molecule has 1 atom stereocenters. The lowest BCUT2D eigenvalue weighted by atomic mass is 9.99. The van der Waals surface area contributed by atoms with Gasteiger partial charge in [-0.2, -0.15) is 21.6 Å². The molecule has 0 radical (unpaired) electrons. The Morgan fingerprint density at radius 2 is 1.93 bits per heavy atom. The molecule has 1 unspecified atom stereocenters. The molecule has 2 heterocycles. The Labute approximate surface area is 152 Å². The number of aromatic nitrogens is 2. The van der Waals surface area contributed by atoms with E-state index in [1.54, 1.807) is 0 Å². The lowest BCUT2D eigenvalue weighted by Gasteiger charge is -2.23. The summed E-state index contributed by atoms with van der Waals surface area (Å²) in [7, 11) is -4.83. The standard InChI is InChI=1S/C16H15F4N3O3S/c17-16(18,19)13-9-23-8-10(1-6-14(23)22-13)7-21-15(24)11-2-4-12(5-3-11)27(20,25)26/h2-5,9-10H,1,6-8H2,(H,21,24). The van der Waals surface area contributed by atoms with Crippen molar-refractivity contribution in [3.05, 3.63) is 47.5 Å². The summed E-state index contributed by atoms with van der Waals surface area (Å²) in [6.45, 7) is 0.540. The van der Waals surface area contributed by atoms with Crippen molar-refractivity contribution in [1.82, 2.24) is 14.9 Å². The van der Waals surface area contributed by atoms with Gasteiger partial charge in [-0.1, -0.05) is 0 Å². The van der Waals surface area contributed by atoms with Gasteiger partial charge in [-0.05, 0) is 36.6 Å². The highest BCUT2D eigenvalue weighted by molar-refractivity contribution is 7.86. The largest absolute Gasteiger partial charge is 0.434 e. The van der Waals surface area contributed by atoms with Crippen molar-refractivity contribution in [3.63, 3.8) is 0 Å². The number of benzene rings is 1. The van der Waals surface area contributed by atoms with E-state index in [0.29, 0.717) is 25.2 Å². The highest BCUT2D eigenvalue weighted by Crippen LogP contribution is 2.30. The molecule has 1 N–H and O–H groups in total. The quantitative estimate of drug-likeness (QED) is 0.626. The molecule has 1 aliphatic rings. The maximum absolute atomic E-state index is 12.8. The molecule has 1 amide bonds. The van der Waals surface area contributed by atoms with E-state index >= 15 is 0 Å². The third-order valence-corrected chi connectivity index (χ3v) is 5.17. The van der Waals surface area contributed by atoms with Crippen LogP contribution in [0, 0.1) is 5.92 Å². The Morgan fingerprint density at radius 3 is 2.52 bits per heavy atom. The molecule has 3 rings (SSSR count). The number of alkyl halides is 3. The summed E-state index contributed by atoms with van der Waals surface area (Å²) in [6, 6.07) is 4.35. The van der Waals surface area contributed by atoms with Gasteiger partial charge in [-0.25, -0.2) is 4.98 Å².